The normalized spacial score (nSPS) is 16.8. The van der Waals surface area contributed by atoms with E-state index in [4.69, 9.17) is 33.8 Å². The van der Waals surface area contributed by atoms with Crippen LogP contribution in [-0.4, -0.2) is 11.6 Å². The fourth-order valence-electron chi connectivity index (χ4n) is 2.33. The molecular weight excluding hydrogens is 311 g/mol. The molecule has 1 aliphatic heterocycles. The second-order valence-electron chi connectivity index (χ2n) is 4.67. The van der Waals surface area contributed by atoms with Crippen LogP contribution in [0.5, 0.6) is 5.75 Å². The number of halogens is 2. The summed E-state index contributed by atoms with van der Waals surface area (Å²) in [4.78, 5) is 4.31. The number of anilines is 2. The molecule has 0 bridgehead atoms. The molecule has 4 N–H and O–H groups in total. The summed E-state index contributed by atoms with van der Waals surface area (Å²) in [5.74, 6) is 7.19. The average Bonchev–Trinajstić information content (AvgIpc) is 2.50. The Morgan fingerprint density at radius 3 is 2.76 bits per heavy atom. The van der Waals surface area contributed by atoms with Gasteiger partial charge in [-0.1, -0.05) is 41.4 Å². The highest BCUT2D eigenvalue weighted by Gasteiger charge is 2.22. The van der Waals surface area contributed by atoms with Crippen molar-refractivity contribution in [3.63, 3.8) is 0 Å². The monoisotopic (exact) mass is 324 g/mol. The Bertz CT molecular complexity index is 665. The molecule has 0 fully saturated rings. The summed E-state index contributed by atoms with van der Waals surface area (Å²) in [5, 5.41) is 4.15. The van der Waals surface area contributed by atoms with Crippen LogP contribution in [0.15, 0.2) is 30.3 Å². The van der Waals surface area contributed by atoms with Gasteiger partial charge in [0.05, 0.1) is 22.7 Å². The zero-order valence-electron chi connectivity index (χ0n) is 11.1. The topological polar surface area (TPSA) is 72.2 Å². The fourth-order valence-corrected chi connectivity index (χ4v) is 2.79. The van der Waals surface area contributed by atoms with Crippen LogP contribution >= 0.6 is 23.2 Å². The van der Waals surface area contributed by atoms with Crippen molar-refractivity contribution in [2.75, 3.05) is 17.3 Å². The molecule has 1 aromatic heterocycles. The number of pyridine rings is 1. The predicted octanol–water partition coefficient (Wildman–Crippen LogP) is 3.61. The number of ether oxygens (including phenoxy) is 1. The van der Waals surface area contributed by atoms with Crippen molar-refractivity contribution < 1.29 is 4.74 Å². The van der Waals surface area contributed by atoms with Gasteiger partial charge in [0.25, 0.3) is 0 Å². The molecule has 0 radical (unpaired) electrons. The lowest BCUT2D eigenvalue weighted by atomic mass is 10.0. The number of hydrazine groups is 1. The Kier molecular flexibility index (Phi) is 4.05. The maximum atomic E-state index is 6.20. The molecule has 5 nitrogen and oxygen atoms in total. The van der Waals surface area contributed by atoms with Crippen molar-refractivity contribution in [1.29, 1.82) is 0 Å². The Hall–Kier alpha value is -1.69. The average molecular weight is 325 g/mol. The van der Waals surface area contributed by atoms with Gasteiger partial charge in [0, 0.05) is 12.0 Å². The third kappa shape index (κ3) is 2.85. The number of fused-ring (bicyclic) bond motifs is 1. The first-order valence-corrected chi connectivity index (χ1v) is 7.25. The molecule has 1 aliphatic rings. The summed E-state index contributed by atoms with van der Waals surface area (Å²) < 4.78 is 5.64. The van der Waals surface area contributed by atoms with E-state index in [-0.39, 0.29) is 6.04 Å². The lowest BCUT2D eigenvalue weighted by molar-refractivity contribution is 0.274. The molecule has 21 heavy (non-hydrogen) atoms. The quantitative estimate of drug-likeness (QED) is 0.594. The van der Waals surface area contributed by atoms with E-state index in [0.717, 1.165) is 17.7 Å². The number of nitrogens with zero attached hydrogens (tertiary/aromatic N) is 1. The van der Waals surface area contributed by atoms with Gasteiger partial charge >= 0.3 is 0 Å². The summed E-state index contributed by atoms with van der Waals surface area (Å²) in [6.45, 7) is 0.641. The Morgan fingerprint density at radius 2 is 1.95 bits per heavy atom. The van der Waals surface area contributed by atoms with E-state index in [0.29, 0.717) is 28.3 Å². The SMILES string of the molecule is NNc1nc(NC2CCOc3ccccc32)c(Cl)cc1Cl. The second-order valence-corrected chi connectivity index (χ2v) is 5.48. The molecular formula is C14H14Cl2N4O. The molecule has 110 valence electrons. The summed E-state index contributed by atoms with van der Waals surface area (Å²) in [6, 6.07) is 9.59. The van der Waals surface area contributed by atoms with Gasteiger partial charge in [-0.05, 0) is 12.1 Å². The molecule has 0 aliphatic carbocycles. The minimum absolute atomic E-state index is 0.0757. The summed E-state index contributed by atoms with van der Waals surface area (Å²) in [7, 11) is 0. The van der Waals surface area contributed by atoms with Crippen LogP contribution in [0.3, 0.4) is 0 Å². The highest BCUT2D eigenvalue weighted by Crippen LogP contribution is 2.36. The molecule has 2 heterocycles. The summed E-state index contributed by atoms with van der Waals surface area (Å²) in [5.41, 5.74) is 3.54. The van der Waals surface area contributed by atoms with E-state index in [9.17, 15) is 0 Å². The van der Waals surface area contributed by atoms with Crippen molar-refractivity contribution >= 4 is 34.8 Å². The Balaban J connectivity index is 1.91. The molecule has 1 aromatic carbocycles. The maximum Gasteiger partial charge on any atom is 0.161 e. The van der Waals surface area contributed by atoms with Gasteiger partial charge in [-0.25, -0.2) is 10.8 Å². The van der Waals surface area contributed by atoms with Crippen LogP contribution in [0.2, 0.25) is 10.0 Å². The van der Waals surface area contributed by atoms with Gasteiger partial charge in [-0.3, -0.25) is 0 Å². The fraction of sp³-hybridized carbons (Fsp3) is 0.214. The van der Waals surface area contributed by atoms with Gasteiger partial charge in [0.15, 0.2) is 5.82 Å². The smallest absolute Gasteiger partial charge is 0.161 e. The first kappa shape index (κ1) is 14.3. The molecule has 0 saturated heterocycles. The van der Waals surface area contributed by atoms with Crippen molar-refractivity contribution in [2.24, 2.45) is 5.84 Å². The minimum Gasteiger partial charge on any atom is -0.493 e. The van der Waals surface area contributed by atoms with Crippen molar-refractivity contribution in [2.45, 2.75) is 12.5 Å². The van der Waals surface area contributed by atoms with Crippen molar-refractivity contribution in [3.05, 3.63) is 45.9 Å². The summed E-state index contributed by atoms with van der Waals surface area (Å²) in [6.07, 6.45) is 0.822. The van der Waals surface area contributed by atoms with Crippen molar-refractivity contribution in [1.82, 2.24) is 4.98 Å². The summed E-state index contributed by atoms with van der Waals surface area (Å²) >= 11 is 12.2. The lowest BCUT2D eigenvalue weighted by Gasteiger charge is -2.27. The molecule has 0 amide bonds. The van der Waals surface area contributed by atoms with Crippen LogP contribution in [0.4, 0.5) is 11.6 Å². The van der Waals surface area contributed by atoms with E-state index in [1.165, 1.54) is 0 Å². The molecule has 0 saturated carbocycles. The number of benzene rings is 1. The Morgan fingerprint density at radius 1 is 1.19 bits per heavy atom. The zero-order chi connectivity index (χ0) is 14.8. The standard InChI is InChI=1S/C14H14Cl2N4O/c15-9-7-10(16)14(20-17)19-13(9)18-11-5-6-21-12-4-2-1-3-8(11)12/h1-4,7,11H,5-6,17H2,(H2,18,19,20). The third-order valence-corrected chi connectivity index (χ3v) is 3.91. The first-order chi connectivity index (χ1) is 10.2. The second kappa shape index (κ2) is 5.97. The maximum absolute atomic E-state index is 6.20. The van der Waals surface area contributed by atoms with Crippen LogP contribution in [-0.2, 0) is 0 Å². The largest absolute Gasteiger partial charge is 0.493 e. The molecule has 2 aromatic rings. The van der Waals surface area contributed by atoms with Crippen LogP contribution in [0, 0.1) is 0 Å². The van der Waals surface area contributed by atoms with Crippen LogP contribution in [0.25, 0.3) is 0 Å². The van der Waals surface area contributed by atoms with E-state index >= 15 is 0 Å². The van der Waals surface area contributed by atoms with Gasteiger partial charge in [-0.15, -0.1) is 0 Å². The van der Waals surface area contributed by atoms with Gasteiger partial charge in [0.2, 0.25) is 0 Å². The molecule has 1 atom stereocenters. The van der Waals surface area contributed by atoms with E-state index in [2.05, 4.69) is 15.7 Å². The van der Waals surface area contributed by atoms with Gasteiger partial charge in [-0.2, -0.15) is 0 Å². The number of aromatic nitrogens is 1. The van der Waals surface area contributed by atoms with Gasteiger partial charge < -0.3 is 15.5 Å². The van der Waals surface area contributed by atoms with E-state index < -0.39 is 0 Å². The number of nitrogen functional groups attached to an aromatic ring is 1. The number of rotatable bonds is 3. The highest BCUT2D eigenvalue weighted by molar-refractivity contribution is 6.37. The molecule has 1 unspecified atom stereocenters. The van der Waals surface area contributed by atoms with Crippen molar-refractivity contribution in [3.8, 4) is 5.75 Å². The molecule has 0 spiro atoms. The third-order valence-electron chi connectivity index (χ3n) is 3.34. The first-order valence-electron chi connectivity index (χ1n) is 6.50. The van der Waals surface area contributed by atoms with Crippen LogP contribution in [0.1, 0.15) is 18.0 Å². The minimum atomic E-state index is 0.0757. The van der Waals surface area contributed by atoms with E-state index in [1.807, 2.05) is 24.3 Å². The number of nitrogens with one attached hydrogen (secondary N) is 2. The van der Waals surface area contributed by atoms with Gasteiger partial charge in [0.1, 0.15) is 11.6 Å². The van der Waals surface area contributed by atoms with E-state index in [1.54, 1.807) is 6.07 Å². The Labute approximate surface area is 132 Å². The zero-order valence-corrected chi connectivity index (χ0v) is 12.6. The number of hydrogen-bond acceptors (Lipinski definition) is 5. The van der Waals surface area contributed by atoms with Crippen LogP contribution < -0.4 is 21.3 Å². The lowest BCUT2D eigenvalue weighted by Crippen LogP contribution is -2.21. The highest BCUT2D eigenvalue weighted by atomic mass is 35.5. The molecule has 3 rings (SSSR count). The number of nitrogens with two attached hydrogens (primary N) is 1. The predicted molar refractivity (Wildman–Crippen MR) is 85.0 cm³/mol. The number of para-hydroxylation sites is 1. The molecule has 7 heteroatoms. The number of hydrogen-bond donors (Lipinski definition) is 3.